The highest BCUT2D eigenvalue weighted by Gasteiger charge is 2.57. The second-order valence-electron chi connectivity index (χ2n) is 19.8. The molecule has 1 unspecified atom stereocenters. The second kappa shape index (κ2) is 25.2. The zero-order valence-electron chi connectivity index (χ0n) is 43.2. The lowest BCUT2D eigenvalue weighted by Crippen LogP contribution is -2.57. The van der Waals surface area contributed by atoms with Gasteiger partial charge in [-0.25, -0.2) is 0 Å². The van der Waals surface area contributed by atoms with E-state index in [1.54, 1.807) is 41.6 Å². The number of hydrogen-bond acceptors (Lipinski definition) is 12. The van der Waals surface area contributed by atoms with Gasteiger partial charge in [0, 0.05) is 16.4 Å². The van der Waals surface area contributed by atoms with Crippen molar-refractivity contribution in [2.75, 3.05) is 26.3 Å². The van der Waals surface area contributed by atoms with E-state index >= 15 is 0 Å². The van der Waals surface area contributed by atoms with Crippen LogP contribution in [0.25, 0.3) is 0 Å². The number of hydrogen-bond donors (Lipinski definition) is 1. The van der Waals surface area contributed by atoms with Crippen molar-refractivity contribution in [1.82, 2.24) is 9.80 Å². The predicted molar refractivity (Wildman–Crippen MR) is 264 cm³/mol. The smallest absolute Gasteiger partial charge is 0.390 e. The molecule has 4 aromatic carbocycles. The summed E-state index contributed by atoms with van der Waals surface area (Å²) in [6, 6.07) is 17.7. The summed E-state index contributed by atoms with van der Waals surface area (Å²) in [4.78, 5) is 65.4. The Hall–Kier alpha value is -7.76. The molecule has 0 radical (unpaired) electrons. The average molecular weight is 1180 g/mol. The van der Waals surface area contributed by atoms with Crippen LogP contribution in [0.15, 0.2) is 107 Å². The fourth-order valence-corrected chi connectivity index (χ4v) is 10.6. The second-order valence-corrected chi connectivity index (χ2v) is 19.8. The van der Waals surface area contributed by atoms with Crippen molar-refractivity contribution in [3.8, 4) is 0 Å². The van der Waals surface area contributed by atoms with E-state index in [0.29, 0.717) is 55.5 Å². The first-order chi connectivity index (χ1) is 38.2. The van der Waals surface area contributed by atoms with Gasteiger partial charge in [-0.1, -0.05) is 65.7 Å². The van der Waals surface area contributed by atoms with Crippen molar-refractivity contribution in [3.05, 3.63) is 172 Å². The van der Waals surface area contributed by atoms with E-state index in [-0.39, 0.29) is 62.1 Å². The summed E-state index contributed by atoms with van der Waals surface area (Å²) in [5.74, 6) is -1.45. The van der Waals surface area contributed by atoms with Gasteiger partial charge in [0.25, 0.3) is 5.09 Å². The quantitative estimate of drug-likeness (QED) is 0.0751. The Balaban J connectivity index is 0.000000250. The third kappa shape index (κ3) is 15.2. The molecule has 18 nitrogen and oxygen atoms in total. The van der Waals surface area contributed by atoms with E-state index in [0.717, 1.165) is 10.5 Å². The Labute approximate surface area is 457 Å². The number of carbonyl (C=O) groups excluding carboxylic acids is 2. The van der Waals surface area contributed by atoms with E-state index in [9.17, 15) is 82.5 Å². The van der Waals surface area contributed by atoms with E-state index in [1.165, 1.54) is 13.8 Å². The lowest BCUT2D eigenvalue weighted by molar-refractivity contribution is -0.742. The fraction of sp³-hybridized carbons (Fsp3) is 0.462. The molecule has 444 valence electrons. The van der Waals surface area contributed by atoms with Crippen LogP contribution >= 0.6 is 0 Å². The molecule has 2 saturated carbocycles. The predicted octanol–water partition coefficient (Wildman–Crippen LogP) is 11.6. The molecule has 2 amide bonds. The van der Waals surface area contributed by atoms with Crippen LogP contribution in [0, 0.1) is 30.3 Å². The number of ether oxygens (including phenoxy) is 2. The molecule has 0 bridgehead atoms. The summed E-state index contributed by atoms with van der Waals surface area (Å²) < 4.78 is 172. The maximum atomic E-state index is 13.4. The molecule has 4 aromatic rings. The molecule has 30 heteroatoms. The monoisotopic (exact) mass is 1180 g/mol. The van der Waals surface area contributed by atoms with E-state index in [4.69, 9.17) is 24.8 Å². The third-order valence-electron chi connectivity index (χ3n) is 14.8. The molecule has 4 aliphatic rings. The molecule has 8 rings (SSSR count). The summed E-state index contributed by atoms with van der Waals surface area (Å²) >= 11 is 0. The molecule has 2 aliphatic carbocycles. The normalized spacial score (nSPS) is 23.0. The minimum absolute atomic E-state index is 0.00387. The van der Waals surface area contributed by atoms with Crippen LogP contribution in [-0.4, -0.2) is 98.5 Å². The fourth-order valence-electron chi connectivity index (χ4n) is 10.6. The molecular weight excluding hydrogens is 1130 g/mol. The maximum Gasteiger partial charge on any atom is 0.432 e. The highest BCUT2D eigenvalue weighted by Crippen LogP contribution is 2.47. The van der Waals surface area contributed by atoms with Crippen LogP contribution in [0.2, 0.25) is 0 Å². The van der Waals surface area contributed by atoms with Crippen LogP contribution in [0.1, 0.15) is 116 Å². The minimum Gasteiger partial charge on any atom is -0.390 e. The number of rotatable bonds is 13. The average Bonchev–Trinajstić information content (AvgIpc) is 3.84. The number of benzene rings is 4. The van der Waals surface area contributed by atoms with E-state index in [2.05, 4.69) is 9.98 Å². The molecule has 0 spiro atoms. The summed E-state index contributed by atoms with van der Waals surface area (Å²) in [5, 5.41) is 37.5. The topological polar surface area (TPSA) is 233 Å². The Kier molecular flexibility index (Phi) is 19.5. The van der Waals surface area contributed by atoms with Gasteiger partial charge in [-0.05, 0) is 116 Å². The van der Waals surface area contributed by atoms with Gasteiger partial charge in [0.2, 0.25) is 11.9 Å². The van der Waals surface area contributed by atoms with Gasteiger partial charge >= 0.3 is 36.6 Å². The number of carbonyl (C=O) groups is 2. The number of nitro groups is 2. The Bertz CT molecular complexity index is 2940. The Morgan fingerprint density at radius 2 is 1.05 bits per heavy atom. The Morgan fingerprint density at radius 3 is 1.45 bits per heavy atom. The van der Waals surface area contributed by atoms with Gasteiger partial charge in [-0.15, -0.1) is 10.1 Å². The highest BCUT2D eigenvalue weighted by atomic mass is 19.4. The van der Waals surface area contributed by atoms with E-state index in [1.807, 2.05) is 30.3 Å². The first-order valence-electron chi connectivity index (χ1n) is 24.9. The lowest BCUT2D eigenvalue weighted by Gasteiger charge is -2.42. The van der Waals surface area contributed by atoms with Gasteiger partial charge < -0.3 is 24.8 Å². The molecule has 2 heterocycles. The van der Waals surface area contributed by atoms with Crippen LogP contribution in [0.4, 0.5) is 52.7 Å². The number of amides is 2. The van der Waals surface area contributed by atoms with Crippen molar-refractivity contribution >= 4 is 24.1 Å². The molecule has 0 saturated heterocycles. The Morgan fingerprint density at radius 1 is 0.622 bits per heavy atom. The zero-order valence-corrected chi connectivity index (χ0v) is 43.2. The third-order valence-corrected chi connectivity index (χ3v) is 14.8. The van der Waals surface area contributed by atoms with E-state index < -0.39 is 128 Å². The summed E-state index contributed by atoms with van der Waals surface area (Å²) in [5.41, 5.74) is -6.90. The van der Waals surface area contributed by atoms with Crippen LogP contribution < -0.4 is 0 Å². The van der Waals surface area contributed by atoms with Crippen molar-refractivity contribution < 1.29 is 91.9 Å². The van der Waals surface area contributed by atoms with Crippen LogP contribution in [0.5, 0.6) is 0 Å². The van der Waals surface area contributed by atoms with Gasteiger partial charge in [-0.2, -0.15) is 57.6 Å². The molecular formula is C52H51F12N7O11. The largest absolute Gasteiger partial charge is 0.432 e. The zero-order chi connectivity index (χ0) is 60.8. The van der Waals surface area contributed by atoms with Gasteiger partial charge in [0.05, 0.1) is 71.9 Å². The molecule has 2 aliphatic heterocycles. The van der Waals surface area contributed by atoms with Gasteiger partial charge in [-0.3, -0.25) is 29.6 Å². The minimum atomic E-state index is -5.07. The first kappa shape index (κ1) is 63.4. The maximum absolute atomic E-state index is 13.4. The molecule has 2 fully saturated rings. The SMILES string of the molecule is C[C@@H](OCC1(c2ccccc2)CCC(N2C=NCC2=O)CC1)c1cc(C(F)(F)F)cc(C(F)(F)F)c1.C[C@@H](OC[C@@]1(c2ccccc2)CC[C@H](N2C(=O)CN=C2[N+](=O)[O-])CC1[N+](=O)[O-])c1cc(C(F)(F)F)cc(C(F)(F)F)c1.O=[N+]([O-])O. The lowest BCUT2D eigenvalue weighted by atomic mass is 9.65. The highest BCUT2D eigenvalue weighted by molar-refractivity contribution is 6.00. The molecule has 82 heavy (non-hydrogen) atoms. The first-order valence-corrected chi connectivity index (χ1v) is 24.9. The number of halogens is 12. The van der Waals surface area contributed by atoms with Crippen molar-refractivity contribution in [2.24, 2.45) is 9.98 Å². The number of aliphatic imine (C=N–C) groups is 2. The number of guanidine groups is 1. The van der Waals surface area contributed by atoms with Crippen LogP contribution in [0.3, 0.4) is 0 Å². The molecule has 5 atom stereocenters. The summed E-state index contributed by atoms with van der Waals surface area (Å²) in [6.45, 7) is 2.00. The van der Waals surface area contributed by atoms with Crippen LogP contribution in [-0.2, 0) is 54.6 Å². The van der Waals surface area contributed by atoms with Crippen molar-refractivity contribution in [1.29, 1.82) is 0 Å². The number of alkyl halides is 12. The summed E-state index contributed by atoms with van der Waals surface area (Å²) in [6.07, 6.45) is -18.5. The van der Waals surface area contributed by atoms with Gasteiger partial charge in [0.15, 0.2) is 6.54 Å². The van der Waals surface area contributed by atoms with Gasteiger partial charge in [0.1, 0.15) is 6.54 Å². The summed E-state index contributed by atoms with van der Waals surface area (Å²) in [7, 11) is 0. The number of nitrogens with zero attached hydrogens (tertiary/aromatic N) is 7. The van der Waals surface area contributed by atoms with Crippen molar-refractivity contribution in [2.45, 2.75) is 125 Å². The molecule has 1 N–H and O–H groups in total. The standard InChI is InChI=1S/C26H24F6N4O6.C26H26F6N2O2.HNO3/c1-15(16-9-18(25(27,28)29)11-19(10-16)26(30,31)32)42-14-24(17-5-3-2-4-6-17)8-7-20(12-21(24)35(38)39)34-22(37)13-33-23(34)36(40)41;1-17(18-11-20(25(27,28)29)13-21(12-18)26(30,31)32)36-15-24(19-5-3-2-4-6-19)9-7-22(8-10-24)34-16-33-14-23(34)35;2-1(3)4/h2-6,9-11,15,20-21H,7-8,12-14H2,1H3;2-6,11-13,16-17,22H,7-10,14-15H2,1H3;(H,2,3,4)/t15-,20+,21?,24-;17-,22?,24?;/m11./s1. The van der Waals surface area contributed by atoms with Crippen molar-refractivity contribution in [3.63, 3.8) is 0 Å². The molecule has 0 aromatic heterocycles.